The average molecular weight is 271 g/mol. The molecule has 5 heteroatoms. The molecule has 0 atom stereocenters. The lowest BCUT2D eigenvalue weighted by Crippen LogP contribution is -2.05. The molecule has 0 fully saturated rings. The van der Waals surface area contributed by atoms with E-state index >= 15 is 0 Å². The third kappa shape index (κ3) is 3.32. The maximum absolute atomic E-state index is 11.2. The summed E-state index contributed by atoms with van der Waals surface area (Å²) in [6, 6.07) is 9.72. The Kier molecular flexibility index (Phi) is 4.65. The Morgan fingerprint density at radius 1 is 1.30 bits per heavy atom. The zero-order chi connectivity index (χ0) is 14.4. The summed E-state index contributed by atoms with van der Waals surface area (Å²) in [5.41, 5.74) is 1.54. The van der Waals surface area contributed by atoms with Crippen LogP contribution in [-0.4, -0.2) is 26.1 Å². The molecule has 0 unspecified atom stereocenters. The zero-order valence-corrected chi connectivity index (χ0v) is 11.4. The summed E-state index contributed by atoms with van der Waals surface area (Å²) in [7, 11) is 0. The number of unbranched alkanes of at least 4 members (excludes halogenated alkanes) is 1. The molecule has 0 radical (unpaired) electrons. The van der Waals surface area contributed by atoms with E-state index in [1.165, 1.54) is 0 Å². The molecule has 2 aromatic rings. The van der Waals surface area contributed by atoms with E-state index in [0.29, 0.717) is 12.2 Å². The highest BCUT2D eigenvalue weighted by Crippen LogP contribution is 2.12. The highest BCUT2D eigenvalue weighted by Gasteiger charge is 2.16. The molecule has 104 valence electrons. The number of aryl methyl sites for hydroxylation is 1. The van der Waals surface area contributed by atoms with Gasteiger partial charge in [0, 0.05) is 6.54 Å². The van der Waals surface area contributed by atoms with Gasteiger partial charge in [-0.2, -0.15) is 0 Å². The van der Waals surface area contributed by atoms with Gasteiger partial charge in [-0.05, 0) is 18.1 Å². The summed E-state index contributed by atoms with van der Waals surface area (Å²) in [6.45, 7) is 2.75. The van der Waals surface area contributed by atoms with Gasteiger partial charge in [-0.1, -0.05) is 55.0 Å². The summed E-state index contributed by atoms with van der Waals surface area (Å²) in [5, 5.41) is 16.8. The Labute approximate surface area is 117 Å². The molecule has 0 saturated carbocycles. The first-order valence-electron chi connectivity index (χ1n) is 6.62. The smallest absolute Gasteiger partial charge is 0.358 e. The van der Waals surface area contributed by atoms with Gasteiger partial charge in [0.05, 0.1) is 5.69 Å². The second-order valence-electron chi connectivity index (χ2n) is 4.45. The standard InChI is InChI=1S/C15H17N3O2/c1-2-3-11-18-13(14(15(19)20)16-17-18)10-9-12-7-5-4-6-8-12/h4-10H,2-3,11H2,1H3,(H,19,20)/b10-9+. The third-order valence-corrected chi connectivity index (χ3v) is 2.93. The Hall–Kier alpha value is -2.43. The van der Waals surface area contributed by atoms with Crippen LogP contribution < -0.4 is 0 Å². The first kappa shape index (κ1) is 14.0. The zero-order valence-electron chi connectivity index (χ0n) is 11.4. The van der Waals surface area contributed by atoms with Gasteiger partial charge in [0.2, 0.25) is 0 Å². The summed E-state index contributed by atoms with van der Waals surface area (Å²) in [6.07, 6.45) is 5.58. The molecule has 2 rings (SSSR count). The summed E-state index contributed by atoms with van der Waals surface area (Å²) in [5.74, 6) is -1.06. The third-order valence-electron chi connectivity index (χ3n) is 2.93. The molecule has 0 spiro atoms. The van der Waals surface area contributed by atoms with Gasteiger partial charge in [-0.15, -0.1) is 5.10 Å². The molecule has 20 heavy (non-hydrogen) atoms. The number of rotatable bonds is 6. The van der Waals surface area contributed by atoms with E-state index in [0.717, 1.165) is 18.4 Å². The molecule has 1 aromatic carbocycles. The number of carboxylic acid groups (broad SMARTS) is 1. The fourth-order valence-corrected chi connectivity index (χ4v) is 1.85. The van der Waals surface area contributed by atoms with E-state index < -0.39 is 5.97 Å². The van der Waals surface area contributed by atoms with Crippen molar-refractivity contribution in [2.45, 2.75) is 26.3 Å². The maximum Gasteiger partial charge on any atom is 0.358 e. The van der Waals surface area contributed by atoms with Crippen molar-refractivity contribution in [3.63, 3.8) is 0 Å². The number of benzene rings is 1. The van der Waals surface area contributed by atoms with Crippen molar-refractivity contribution < 1.29 is 9.90 Å². The first-order chi connectivity index (χ1) is 9.72. The molecule has 0 aliphatic heterocycles. The highest BCUT2D eigenvalue weighted by atomic mass is 16.4. The molecule has 0 saturated heterocycles. The van der Waals surface area contributed by atoms with Crippen LogP contribution in [0.5, 0.6) is 0 Å². The molecule has 0 aliphatic carbocycles. The monoisotopic (exact) mass is 271 g/mol. The lowest BCUT2D eigenvalue weighted by molar-refractivity contribution is 0.0690. The van der Waals surface area contributed by atoms with Crippen LogP contribution in [0.4, 0.5) is 0 Å². The van der Waals surface area contributed by atoms with Gasteiger partial charge in [0.25, 0.3) is 0 Å². The Morgan fingerprint density at radius 3 is 2.70 bits per heavy atom. The molecule has 1 aromatic heterocycles. The van der Waals surface area contributed by atoms with Crippen LogP contribution in [0.3, 0.4) is 0 Å². The van der Waals surface area contributed by atoms with E-state index in [1.54, 1.807) is 10.8 Å². The first-order valence-corrected chi connectivity index (χ1v) is 6.62. The second kappa shape index (κ2) is 6.65. The van der Waals surface area contributed by atoms with Crippen LogP contribution in [0.25, 0.3) is 12.2 Å². The molecule has 0 bridgehead atoms. The van der Waals surface area contributed by atoms with Crippen molar-refractivity contribution in [1.82, 2.24) is 15.0 Å². The number of aromatic nitrogens is 3. The molecule has 1 heterocycles. The minimum absolute atomic E-state index is 0.00622. The van der Waals surface area contributed by atoms with Gasteiger partial charge >= 0.3 is 5.97 Å². The van der Waals surface area contributed by atoms with Crippen molar-refractivity contribution in [3.8, 4) is 0 Å². The maximum atomic E-state index is 11.2. The number of hydrogen-bond acceptors (Lipinski definition) is 3. The minimum atomic E-state index is -1.06. The van der Waals surface area contributed by atoms with Crippen molar-refractivity contribution in [2.75, 3.05) is 0 Å². The van der Waals surface area contributed by atoms with Crippen molar-refractivity contribution in [1.29, 1.82) is 0 Å². The SMILES string of the molecule is CCCCn1nnc(C(=O)O)c1/C=C/c1ccccc1. The Balaban J connectivity index is 2.30. The molecular formula is C15H17N3O2. The van der Waals surface area contributed by atoms with Gasteiger partial charge in [0.1, 0.15) is 0 Å². The number of carboxylic acids is 1. The van der Waals surface area contributed by atoms with Crippen LogP contribution in [0, 0.1) is 0 Å². The van der Waals surface area contributed by atoms with Crippen molar-refractivity contribution in [3.05, 3.63) is 47.3 Å². The minimum Gasteiger partial charge on any atom is -0.476 e. The van der Waals surface area contributed by atoms with Gasteiger partial charge in [0.15, 0.2) is 5.69 Å². The lowest BCUT2D eigenvalue weighted by atomic mass is 10.2. The van der Waals surface area contributed by atoms with E-state index in [1.807, 2.05) is 36.4 Å². The quantitative estimate of drug-likeness (QED) is 0.877. The lowest BCUT2D eigenvalue weighted by Gasteiger charge is -2.02. The molecule has 5 nitrogen and oxygen atoms in total. The van der Waals surface area contributed by atoms with Crippen LogP contribution >= 0.6 is 0 Å². The molecule has 0 amide bonds. The number of nitrogens with zero attached hydrogens (tertiary/aromatic N) is 3. The van der Waals surface area contributed by atoms with Crippen LogP contribution in [0.2, 0.25) is 0 Å². The molecule has 1 N–H and O–H groups in total. The van der Waals surface area contributed by atoms with Gasteiger partial charge in [-0.25, -0.2) is 9.48 Å². The fraction of sp³-hybridized carbons (Fsp3) is 0.267. The summed E-state index contributed by atoms with van der Waals surface area (Å²) in [4.78, 5) is 11.2. The van der Waals surface area contributed by atoms with E-state index in [2.05, 4.69) is 17.2 Å². The molecule has 0 aliphatic rings. The van der Waals surface area contributed by atoms with Gasteiger partial charge in [-0.3, -0.25) is 0 Å². The van der Waals surface area contributed by atoms with Crippen LogP contribution in [-0.2, 0) is 6.54 Å². The fourth-order valence-electron chi connectivity index (χ4n) is 1.85. The largest absolute Gasteiger partial charge is 0.476 e. The summed E-state index contributed by atoms with van der Waals surface area (Å²) < 4.78 is 1.65. The van der Waals surface area contributed by atoms with E-state index in [9.17, 15) is 4.79 Å². The second-order valence-corrected chi connectivity index (χ2v) is 4.45. The number of hydrogen-bond donors (Lipinski definition) is 1. The number of carbonyl (C=O) groups is 1. The predicted molar refractivity (Wildman–Crippen MR) is 77.3 cm³/mol. The average Bonchev–Trinajstić information content (AvgIpc) is 2.87. The normalized spacial score (nSPS) is 11.1. The molecular weight excluding hydrogens is 254 g/mol. The van der Waals surface area contributed by atoms with Crippen molar-refractivity contribution in [2.24, 2.45) is 0 Å². The van der Waals surface area contributed by atoms with Gasteiger partial charge < -0.3 is 5.11 Å². The van der Waals surface area contributed by atoms with Crippen molar-refractivity contribution >= 4 is 18.1 Å². The van der Waals surface area contributed by atoms with Crippen LogP contribution in [0.1, 0.15) is 41.5 Å². The highest BCUT2D eigenvalue weighted by molar-refractivity contribution is 5.90. The topological polar surface area (TPSA) is 68.0 Å². The number of aromatic carboxylic acids is 1. The van der Waals surface area contributed by atoms with Crippen LogP contribution in [0.15, 0.2) is 30.3 Å². The van der Waals surface area contributed by atoms with E-state index in [-0.39, 0.29) is 5.69 Å². The Morgan fingerprint density at radius 2 is 2.05 bits per heavy atom. The van der Waals surface area contributed by atoms with E-state index in [4.69, 9.17) is 5.11 Å². The predicted octanol–water partition coefficient (Wildman–Crippen LogP) is 2.95. The summed E-state index contributed by atoms with van der Waals surface area (Å²) >= 11 is 0. The Bertz CT molecular complexity index is 603.